The molecule has 0 radical (unpaired) electrons. The van der Waals surface area contributed by atoms with Crippen molar-refractivity contribution in [3.63, 3.8) is 0 Å². The minimum atomic E-state index is -9.71. The second kappa shape index (κ2) is 6.29. The van der Waals surface area contributed by atoms with E-state index in [9.17, 15) is 19.4 Å². The highest BCUT2D eigenvalue weighted by molar-refractivity contribution is 8.45. The van der Waals surface area contributed by atoms with Crippen LogP contribution in [0.3, 0.4) is 0 Å². The molecule has 0 amide bonds. The quantitative estimate of drug-likeness (QED) is 0.332. The van der Waals surface area contributed by atoms with E-state index in [-0.39, 0.29) is 0 Å². The molecule has 0 aliphatic rings. The van der Waals surface area contributed by atoms with Crippen molar-refractivity contribution >= 4 is 38.6 Å². The Bertz CT molecular complexity index is 1260. The lowest BCUT2D eigenvalue weighted by Crippen LogP contribution is -2.05. The van der Waals surface area contributed by atoms with Crippen LogP contribution in [0.5, 0.6) is 0 Å². The summed E-state index contributed by atoms with van der Waals surface area (Å²) in [6.07, 6.45) is 4.51. The average Bonchev–Trinajstić information content (AvgIpc) is 2.67. The number of halogens is 5. The van der Waals surface area contributed by atoms with Gasteiger partial charge in [-0.15, -0.1) is 0 Å². The van der Waals surface area contributed by atoms with Crippen LogP contribution in [0.2, 0.25) is 0 Å². The predicted octanol–water partition coefficient (Wildman–Crippen LogP) is 7.08. The molecule has 0 saturated carbocycles. The number of hydrogen-bond acceptors (Lipinski definition) is 5. The summed E-state index contributed by atoms with van der Waals surface area (Å²) in [5.41, 5.74) is 8.39. The molecule has 0 atom stereocenters. The largest absolute Gasteiger partial charge is 0.398 e. The van der Waals surface area contributed by atoms with Crippen molar-refractivity contribution in [2.45, 2.75) is 14.8 Å². The third-order valence-corrected chi connectivity index (χ3v) is 6.36. The molecule has 0 spiro atoms. The number of anilines is 1. The second-order valence-electron chi connectivity index (χ2n) is 6.38. The predicted molar refractivity (Wildman–Crippen MR) is 109 cm³/mol. The van der Waals surface area contributed by atoms with Crippen molar-refractivity contribution in [2.24, 2.45) is 0 Å². The maximum Gasteiger partial charge on any atom is 0.310 e. The van der Waals surface area contributed by atoms with Gasteiger partial charge in [0.25, 0.3) is 0 Å². The molecule has 11 heteroatoms. The highest BCUT2D eigenvalue weighted by Crippen LogP contribution is 3.02. The molecule has 0 unspecified atom stereocenters. The molecule has 2 aromatic carbocycles. The number of aromatic nitrogens is 3. The van der Waals surface area contributed by atoms with E-state index in [0.717, 1.165) is 29.3 Å². The third kappa shape index (κ3) is 4.17. The fraction of sp³-hybridized carbons (Fsp3) is 0. The first-order valence-corrected chi connectivity index (χ1v) is 11.2. The van der Waals surface area contributed by atoms with E-state index in [1.165, 1.54) is 12.4 Å². The Labute approximate surface area is 172 Å². The molecule has 2 N–H and O–H groups in total. The molecule has 0 saturated heterocycles. The first-order chi connectivity index (χ1) is 13.9. The Morgan fingerprint density at radius 2 is 1.47 bits per heavy atom. The fourth-order valence-electron chi connectivity index (χ4n) is 2.79. The van der Waals surface area contributed by atoms with Gasteiger partial charge in [0.1, 0.15) is 15.6 Å². The van der Waals surface area contributed by atoms with Gasteiger partial charge < -0.3 is 5.73 Å². The van der Waals surface area contributed by atoms with Gasteiger partial charge >= 0.3 is 10.2 Å². The van der Waals surface area contributed by atoms with Gasteiger partial charge in [-0.2, -0.15) is 0 Å². The van der Waals surface area contributed by atoms with Crippen LogP contribution in [0.1, 0.15) is 0 Å². The van der Waals surface area contributed by atoms with Crippen LogP contribution >= 0.6 is 22.0 Å². The van der Waals surface area contributed by atoms with Crippen LogP contribution in [0.4, 0.5) is 25.1 Å². The minimum Gasteiger partial charge on any atom is -0.398 e. The van der Waals surface area contributed by atoms with Crippen LogP contribution in [0, 0.1) is 0 Å². The monoisotopic (exact) mass is 456 g/mol. The van der Waals surface area contributed by atoms with Gasteiger partial charge in [-0.05, 0) is 42.5 Å². The molecule has 2 aromatic heterocycles. The summed E-state index contributed by atoms with van der Waals surface area (Å²) in [4.78, 5) is 11.2. The lowest BCUT2D eigenvalue weighted by molar-refractivity contribution is 0.364. The molecular formula is C19H13F5N4S2. The Balaban J connectivity index is 1.71. The summed E-state index contributed by atoms with van der Waals surface area (Å²) in [6.45, 7) is 0. The summed E-state index contributed by atoms with van der Waals surface area (Å²) in [7, 11) is -9.71. The zero-order valence-electron chi connectivity index (χ0n) is 15.0. The van der Waals surface area contributed by atoms with Gasteiger partial charge in [-0.1, -0.05) is 37.3 Å². The van der Waals surface area contributed by atoms with Crippen LogP contribution in [-0.2, 0) is 0 Å². The first-order valence-electron chi connectivity index (χ1n) is 8.38. The number of nitrogens with two attached hydrogens (primary N) is 1. The number of nitrogen functional groups attached to an aromatic ring is 1. The van der Waals surface area contributed by atoms with E-state index in [2.05, 4.69) is 15.0 Å². The zero-order valence-corrected chi connectivity index (χ0v) is 16.6. The molecule has 156 valence electrons. The van der Waals surface area contributed by atoms with E-state index < -0.39 is 15.1 Å². The zero-order chi connectivity index (χ0) is 21.6. The smallest absolute Gasteiger partial charge is 0.310 e. The molecule has 30 heavy (non-hydrogen) atoms. The van der Waals surface area contributed by atoms with Crippen LogP contribution in [0.25, 0.3) is 22.2 Å². The number of rotatable bonds is 4. The lowest BCUT2D eigenvalue weighted by atomic mass is 10.1. The number of nitrogens with zero attached hydrogens (tertiary/aromatic N) is 3. The van der Waals surface area contributed by atoms with Crippen molar-refractivity contribution in [2.75, 3.05) is 5.73 Å². The minimum absolute atomic E-state index is 0.310. The second-order valence-corrected chi connectivity index (χ2v) is 9.86. The summed E-state index contributed by atoms with van der Waals surface area (Å²) >= 11 is 1.02. The van der Waals surface area contributed by atoms with Crippen molar-refractivity contribution < 1.29 is 19.4 Å². The van der Waals surface area contributed by atoms with E-state index in [4.69, 9.17) is 5.73 Å². The molecule has 4 aromatic rings. The summed E-state index contributed by atoms with van der Waals surface area (Å²) in [5, 5.41) is 1.12. The standard InChI is InChI=1S/C19H13F5N4S2/c20-30(21,22,23,24)14-4-2-13(3-5-14)29-19-18(27-9-10-28-19)12-1-6-17-15(11-12)16(25)7-8-26-17/h1-11H,(H2,25,26). The number of benzene rings is 2. The maximum atomic E-state index is 12.9. The maximum absolute atomic E-state index is 12.9. The van der Waals surface area contributed by atoms with Crippen molar-refractivity contribution in [1.29, 1.82) is 0 Å². The summed E-state index contributed by atoms with van der Waals surface area (Å²) < 4.78 is 64.5. The van der Waals surface area contributed by atoms with Gasteiger partial charge in [0.2, 0.25) is 0 Å². The van der Waals surface area contributed by atoms with E-state index >= 15 is 0 Å². The van der Waals surface area contributed by atoms with Crippen LogP contribution < -0.4 is 5.73 Å². The Morgan fingerprint density at radius 3 is 2.17 bits per heavy atom. The topological polar surface area (TPSA) is 64.7 Å². The molecule has 4 nitrogen and oxygen atoms in total. The Kier molecular flexibility index (Phi) is 4.27. The third-order valence-electron chi connectivity index (χ3n) is 4.20. The number of hydrogen-bond donors (Lipinski definition) is 1. The SMILES string of the molecule is Nc1ccnc2ccc(-c3nccnc3Sc3ccc(S(F)(F)(F)(F)F)cc3)cc12. The average molecular weight is 456 g/mol. The van der Waals surface area contributed by atoms with Gasteiger partial charge in [0.15, 0.2) is 0 Å². The molecule has 0 bridgehead atoms. The fourth-order valence-corrected chi connectivity index (χ4v) is 4.32. The van der Waals surface area contributed by atoms with Crippen LogP contribution in [-0.4, -0.2) is 15.0 Å². The van der Waals surface area contributed by atoms with Gasteiger partial charge in [0.05, 0.1) is 5.52 Å². The van der Waals surface area contributed by atoms with Gasteiger partial charge in [-0.25, -0.2) is 4.98 Å². The van der Waals surface area contributed by atoms with E-state index in [0.29, 0.717) is 44.5 Å². The Hall–Kier alpha value is -2.92. The van der Waals surface area contributed by atoms with Gasteiger partial charge in [-0.3, -0.25) is 9.97 Å². The molecule has 4 rings (SSSR count). The molecule has 0 aliphatic heterocycles. The van der Waals surface area contributed by atoms with Crippen molar-refractivity contribution in [3.05, 3.63) is 67.1 Å². The molecule has 0 aliphatic carbocycles. The summed E-state index contributed by atoms with van der Waals surface area (Å²) in [5.74, 6) is 0. The molecule has 0 fully saturated rings. The van der Waals surface area contributed by atoms with E-state index in [1.54, 1.807) is 30.5 Å². The highest BCUT2D eigenvalue weighted by Gasteiger charge is 2.65. The molecule has 2 heterocycles. The first kappa shape index (κ1) is 20.4. The molecular weight excluding hydrogens is 443 g/mol. The van der Waals surface area contributed by atoms with Crippen LogP contribution in [0.15, 0.2) is 81.9 Å². The lowest BCUT2D eigenvalue weighted by Gasteiger charge is -2.40. The number of fused-ring (bicyclic) bond motifs is 1. The van der Waals surface area contributed by atoms with Gasteiger partial charge in [0, 0.05) is 40.1 Å². The number of pyridine rings is 1. The van der Waals surface area contributed by atoms with Crippen molar-refractivity contribution in [1.82, 2.24) is 15.0 Å². The highest BCUT2D eigenvalue weighted by atomic mass is 32.5. The normalized spacial score (nSPS) is 14.3. The Morgan fingerprint density at radius 1 is 0.767 bits per heavy atom. The van der Waals surface area contributed by atoms with Crippen molar-refractivity contribution in [3.8, 4) is 11.3 Å². The summed E-state index contributed by atoms with van der Waals surface area (Å²) in [6, 6.07) is 9.73. The van der Waals surface area contributed by atoms with E-state index in [1.807, 2.05) is 0 Å².